The van der Waals surface area contributed by atoms with Crippen molar-refractivity contribution in [1.29, 1.82) is 0 Å². The lowest BCUT2D eigenvalue weighted by atomic mass is 10.0. The molecule has 3 heterocycles. The van der Waals surface area contributed by atoms with Crippen LogP contribution in [0.15, 0.2) is 42.9 Å². The van der Waals surface area contributed by atoms with E-state index in [2.05, 4.69) is 15.3 Å². The molecular weight excluding hydrogens is 326 g/mol. The molecule has 0 aliphatic carbocycles. The van der Waals surface area contributed by atoms with Gasteiger partial charge in [0.25, 0.3) is 5.91 Å². The molecule has 0 radical (unpaired) electrons. The van der Waals surface area contributed by atoms with E-state index in [4.69, 9.17) is 11.6 Å². The number of benzene rings is 1. The summed E-state index contributed by atoms with van der Waals surface area (Å²) in [6.07, 6.45) is 7.12. The number of piperidine rings is 1. The van der Waals surface area contributed by atoms with Crippen molar-refractivity contribution in [3.8, 4) is 0 Å². The molecule has 1 aliphatic heterocycles. The van der Waals surface area contributed by atoms with Gasteiger partial charge in [-0.25, -0.2) is 4.68 Å². The molecule has 1 atom stereocenters. The zero-order valence-electron chi connectivity index (χ0n) is 13.0. The second-order valence-corrected chi connectivity index (χ2v) is 6.39. The number of amides is 1. The summed E-state index contributed by atoms with van der Waals surface area (Å²) in [5.74, 6) is 0.0227. The lowest BCUT2D eigenvalue weighted by Crippen LogP contribution is -2.41. The molecule has 0 saturated carbocycles. The molecule has 1 fully saturated rings. The maximum Gasteiger partial charge on any atom is 0.254 e. The van der Waals surface area contributed by atoms with Crippen LogP contribution in [0, 0.1) is 0 Å². The number of hydrogen-bond acceptors (Lipinski definition) is 4. The van der Waals surface area contributed by atoms with Crippen LogP contribution < -0.4 is 0 Å². The van der Waals surface area contributed by atoms with Gasteiger partial charge in [0.15, 0.2) is 0 Å². The highest BCUT2D eigenvalue weighted by atomic mass is 35.5. The van der Waals surface area contributed by atoms with Crippen LogP contribution in [0.25, 0.3) is 10.9 Å². The fourth-order valence-electron chi connectivity index (χ4n) is 3.25. The van der Waals surface area contributed by atoms with E-state index in [0.717, 1.165) is 30.3 Å². The first kappa shape index (κ1) is 15.1. The third kappa shape index (κ3) is 2.73. The number of carbonyl (C=O) groups is 1. The van der Waals surface area contributed by atoms with Crippen LogP contribution in [-0.2, 0) is 0 Å². The zero-order chi connectivity index (χ0) is 16.5. The highest BCUT2D eigenvalue weighted by Crippen LogP contribution is 2.25. The largest absolute Gasteiger partial charge is 0.336 e. The molecule has 1 unspecified atom stereocenters. The van der Waals surface area contributed by atoms with Crippen LogP contribution in [0.3, 0.4) is 0 Å². The Kier molecular flexibility index (Phi) is 3.90. The quantitative estimate of drug-likeness (QED) is 0.719. The van der Waals surface area contributed by atoms with Crippen molar-refractivity contribution in [3.63, 3.8) is 0 Å². The number of hydrogen-bond donors (Lipinski definition) is 0. The molecule has 122 valence electrons. The van der Waals surface area contributed by atoms with E-state index in [1.54, 1.807) is 30.6 Å². The van der Waals surface area contributed by atoms with Crippen LogP contribution in [0.4, 0.5) is 0 Å². The molecule has 24 heavy (non-hydrogen) atoms. The Hall–Kier alpha value is -2.47. The molecule has 0 spiro atoms. The van der Waals surface area contributed by atoms with E-state index in [-0.39, 0.29) is 11.9 Å². The maximum absolute atomic E-state index is 13.0. The summed E-state index contributed by atoms with van der Waals surface area (Å²) in [6, 6.07) is 7.38. The van der Waals surface area contributed by atoms with Crippen molar-refractivity contribution in [2.45, 2.75) is 18.9 Å². The second kappa shape index (κ2) is 6.20. The summed E-state index contributed by atoms with van der Waals surface area (Å²) in [5, 5.41) is 9.38. The van der Waals surface area contributed by atoms with Gasteiger partial charge in [-0.15, -0.1) is 5.10 Å². The molecule has 1 saturated heterocycles. The summed E-state index contributed by atoms with van der Waals surface area (Å²) >= 11 is 6.02. The Labute approximate surface area is 144 Å². The molecule has 1 amide bonds. The Bertz CT molecular complexity index is 880. The number of aromatic nitrogens is 4. The van der Waals surface area contributed by atoms with Gasteiger partial charge in [-0.05, 0) is 31.0 Å². The number of halogens is 1. The molecule has 1 aliphatic rings. The zero-order valence-corrected chi connectivity index (χ0v) is 13.7. The monoisotopic (exact) mass is 341 g/mol. The van der Waals surface area contributed by atoms with Gasteiger partial charge < -0.3 is 4.90 Å². The Morgan fingerprint density at radius 3 is 3.00 bits per heavy atom. The number of fused-ring (bicyclic) bond motifs is 1. The molecule has 3 aromatic rings. The van der Waals surface area contributed by atoms with Gasteiger partial charge in [-0.3, -0.25) is 9.78 Å². The van der Waals surface area contributed by atoms with Gasteiger partial charge in [-0.2, -0.15) is 0 Å². The van der Waals surface area contributed by atoms with Crippen molar-refractivity contribution in [1.82, 2.24) is 24.9 Å². The Morgan fingerprint density at radius 2 is 2.17 bits per heavy atom. The predicted octanol–water partition coefficient (Wildman–Crippen LogP) is 2.96. The number of nitrogens with zero attached hydrogens (tertiary/aromatic N) is 5. The SMILES string of the molecule is O=C(c1ccnc2cc(Cl)ccc12)N1CCCC(n2ccnn2)C1. The minimum atomic E-state index is 0.0227. The molecule has 1 aromatic carbocycles. The normalized spacial score (nSPS) is 18.0. The number of likely N-dealkylation sites (tertiary alicyclic amines) is 1. The van der Waals surface area contributed by atoms with Crippen LogP contribution in [0.2, 0.25) is 5.02 Å². The lowest BCUT2D eigenvalue weighted by Gasteiger charge is -2.32. The first-order valence-corrected chi connectivity index (χ1v) is 8.29. The summed E-state index contributed by atoms with van der Waals surface area (Å²) in [4.78, 5) is 19.2. The van der Waals surface area contributed by atoms with Crippen molar-refractivity contribution >= 4 is 28.4 Å². The van der Waals surface area contributed by atoms with E-state index in [9.17, 15) is 4.79 Å². The standard InChI is InChI=1S/C17H16ClN5O/c18-12-3-4-14-15(5-6-19-16(14)10-12)17(24)22-8-1-2-13(11-22)23-9-7-20-21-23/h3-7,9-10,13H,1-2,8,11H2. The number of carbonyl (C=O) groups excluding carboxylic acids is 1. The van der Waals surface area contributed by atoms with E-state index < -0.39 is 0 Å². The minimum Gasteiger partial charge on any atom is -0.336 e. The lowest BCUT2D eigenvalue weighted by molar-refractivity contribution is 0.0674. The smallest absolute Gasteiger partial charge is 0.254 e. The average Bonchev–Trinajstić information content (AvgIpc) is 3.15. The van der Waals surface area contributed by atoms with Gasteiger partial charge in [0, 0.05) is 35.9 Å². The third-order valence-electron chi connectivity index (χ3n) is 4.43. The molecule has 4 rings (SSSR count). The molecule has 6 nitrogen and oxygen atoms in total. The van der Waals surface area contributed by atoms with Crippen LogP contribution in [0.5, 0.6) is 0 Å². The highest BCUT2D eigenvalue weighted by Gasteiger charge is 2.26. The summed E-state index contributed by atoms with van der Waals surface area (Å²) in [6.45, 7) is 1.39. The highest BCUT2D eigenvalue weighted by molar-refractivity contribution is 6.31. The van der Waals surface area contributed by atoms with Gasteiger partial charge in [0.2, 0.25) is 0 Å². The van der Waals surface area contributed by atoms with E-state index in [1.165, 1.54) is 0 Å². The Balaban J connectivity index is 1.64. The van der Waals surface area contributed by atoms with Crippen LogP contribution >= 0.6 is 11.6 Å². The van der Waals surface area contributed by atoms with Gasteiger partial charge in [0.05, 0.1) is 23.3 Å². The molecule has 7 heteroatoms. The minimum absolute atomic E-state index is 0.0227. The van der Waals surface area contributed by atoms with Crippen molar-refractivity contribution in [2.24, 2.45) is 0 Å². The summed E-state index contributed by atoms with van der Waals surface area (Å²) < 4.78 is 1.84. The van der Waals surface area contributed by atoms with E-state index in [1.807, 2.05) is 21.8 Å². The Morgan fingerprint density at radius 1 is 1.25 bits per heavy atom. The number of pyridine rings is 1. The second-order valence-electron chi connectivity index (χ2n) is 5.95. The third-order valence-corrected chi connectivity index (χ3v) is 4.67. The molecular formula is C17H16ClN5O. The van der Waals surface area contributed by atoms with Crippen LogP contribution in [-0.4, -0.2) is 43.9 Å². The average molecular weight is 342 g/mol. The summed E-state index contributed by atoms with van der Waals surface area (Å²) in [7, 11) is 0. The molecule has 0 N–H and O–H groups in total. The van der Waals surface area contributed by atoms with Crippen molar-refractivity contribution < 1.29 is 4.79 Å². The predicted molar refractivity (Wildman–Crippen MR) is 90.9 cm³/mol. The fourth-order valence-corrected chi connectivity index (χ4v) is 3.41. The van der Waals surface area contributed by atoms with Crippen molar-refractivity contribution in [3.05, 3.63) is 53.4 Å². The topological polar surface area (TPSA) is 63.9 Å². The maximum atomic E-state index is 13.0. The molecule has 2 aromatic heterocycles. The number of rotatable bonds is 2. The van der Waals surface area contributed by atoms with Gasteiger partial charge >= 0.3 is 0 Å². The van der Waals surface area contributed by atoms with Gasteiger partial charge in [-0.1, -0.05) is 22.9 Å². The van der Waals surface area contributed by atoms with E-state index >= 15 is 0 Å². The first-order chi connectivity index (χ1) is 11.7. The van der Waals surface area contributed by atoms with Gasteiger partial charge in [0.1, 0.15) is 0 Å². The molecule has 0 bridgehead atoms. The van der Waals surface area contributed by atoms with Crippen molar-refractivity contribution in [2.75, 3.05) is 13.1 Å². The van der Waals surface area contributed by atoms with Crippen LogP contribution in [0.1, 0.15) is 29.2 Å². The first-order valence-electron chi connectivity index (χ1n) is 7.92. The summed E-state index contributed by atoms with van der Waals surface area (Å²) in [5.41, 5.74) is 1.40. The fraction of sp³-hybridized carbons (Fsp3) is 0.294. The van der Waals surface area contributed by atoms with E-state index in [0.29, 0.717) is 17.1 Å².